The smallest absolute Gasteiger partial charge is 0.310 e. The maximum absolute atomic E-state index is 12.4. The minimum absolute atomic E-state index is 0.205. The number of fused-ring (bicyclic) bond motifs is 3. The summed E-state index contributed by atoms with van der Waals surface area (Å²) < 4.78 is 5.48. The van der Waals surface area contributed by atoms with Crippen molar-refractivity contribution in [2.75, 3.05) is 6.26 Å². The molecule has 0 aliphatic rings. The molecule has 1 N–H and O–H groups in total. The summed E-state index contributed by atoms with van der Waals surface area (Å²) in [4.78, 5) is 17.1. The molecule has 0 saturated heterocycles. The molecule has 1 heterocycles. The van der Waals surface area contributed by atoms with Crippen molar-refractivity contribution in [1.82, 2.24) is 4.98 Å². The van der Waals surface area contributed by atoms with Gasteiger partial charge in [-0.05, 0) is 35.9 Å². The molecule has 0 aliphatic carbocycles. The standard InChI is InChI=1S/C23H21NO2S/c1-15-12-17(13-20(25)26-14-16-8-4-3-5-9-16)23(27-2)22-21(15)18-10-6-7-11-19(18)24-22/h3-12,24H,13-14H2,1-2H3. The monoisotopic (exact) mass is 375 g/mol. The highest BCUT2D eigenvalue weighted by Gasteiger charge is 2.17. The predicted octanol–water partition coefficient (Wildman–Crippen LogP) is 5.64. The van der Waals surface area contributed by atoms with Gasteiger partial charge in [0.05, 0.1) is 11.9 Å². The van der Waals surface area contributed by atoms with E-state index in [-0.39, 0.29) is 12.4 Å². The first-order valence-electron chi connectivity index (χ1n) is 8.94. The number of rotatable bonds is 5. The van der Waals surface area contributed by atoms with Crippen molar-refractivity contribution >= 4 is 39.5 Å². The maximum atomic E-state index is 12.4. The Morgan fingerprint density at radius 1 is 1.07 bits per heavy atom. The lowest BCUT2D eigenvalue weighted by Gasteiger charge is -2.11. The number of carbonyl (C=O) groups is 1. The molecule has 0 atom stereocenters. The van der Waals surface area contributed by atoms with Crippen LogP contribution in [0.3, 0.4) is 0 Å². The minimum atomic E-state index is -0.205. The summed E-state index contributed by atoms with van der Waals surface area (Å²) in [5.74, 6) is -0.205. The summed E-state index contributed by atoms with van der Waals surface area (Å²) in [7, 11) is 0. The van der Waals surface area contributed by atoms with Gasteiger partial charge in [0.15, 0.2) is 0 Å². The van der Waals surface area contributed by atoms with E-state index in [4.69, 9.17) is 4.74 Å². The Balaban J connectivity index is 1.65. The molecule has 136 valence electrons. The molecule has 0 unspecified atom stereocenters. The third-order valence-corrected chi connectivity index (χ3v) is 5.67. The number of aromatic amines is 1. The van der Waals surface area contributed by atoms with Crippen LogP contribution in [0.15, 0.2) is 65.6 Å². The molecule has 3 aromatic carbocycles. The van der Waals surface area contributed by atoms with Crippen LogP contribution in [0.1, 0.15) is 16.7 Å². The SMILES string of the molecule is CSc1c(CC(=O)OCc2ccccc2)cc(C)c2c1[nH]c1ccccc12. The van der Waals surface area contributed by atoms with Crippen LogP contribution >= 0.6 is 11.8 Å². The predicted molar refractivity (Wildman–Crippen MR) is 112 cm³/mol. The molecular formula is C23H21NO2S. The van der Waals surface area contributed by atoms with Gasteiger partial charge in [0.25, 0.3) is 0 Å². The van der Waals surface area contributed by atoms with Gasteiger partial charge in [-0.2, -0.15) is 0 Å². The molecule has 0 radical (unpaired) electrons. The molecule has 27 heavy (non-hydrogen) atoms. The number of esters is 1. The van der Waals surface area contributed by atoms with Crippen molar-refractivity contribution in [3.8, 4) is 0 Å². The van der Waals surface area contributed by atoms with E-state index in [1.807, 2.05) is 36.4 Å². The average molecular weight is 375 g/mol. The highest BCUT2D eigenvalue weighted by atomic mass is 32.2. The quantitative estimate of drug-likeness (QED) is 0.363. The topological polar surface area (TPSA) is 42.1 Å². The molecule has 1 aromatic heterocycles. The largest absolute Gasteiger partial charge is 0.461 e. The van der Waals surface area contributed by atoms with Gasteiger partial charge in [-0.15, -0.1) is 11.8 Å². The van der Waals surface area contributed by atoms with E-state index in [0.29, 0.717) is 6.61 Å². The van der Waals surface area contributed by atoms with Gasteiger partial charge >= 0.3 is 5.97 Å². The van der Waals surface area contributed by atoms with Crippen LogP contribution in [0, 0.1) is 6.92 Å². The summed E-state index contributed by atoms with van der Waals surface area (Å²) >= 11 is 1.67. The molecule has 4 aromatic rings. The number of aryl methyl sites for hydroxylation is 1. The highest BCUT2D eigenvalue weighted by molar-refractivity contribution is 7.98. The Kier molecular flexibility index (Phi) is 4.90. The lowest BCUT2D eigenvalue weighted by Crippen LogP contribution is -2.09. The van der Waals surface area contributed by atoms with E-state index in [9.17, 15) is 4.79 Å². The van der Waals surface area contributed by atoms with Crippen LogP contribution in [0.2, 0.25) is 0 Å². The number of ether oxygens (including phenoxy) is 1. The highest BCUT2D eigenvalue weighted by Crippen LogP contribution is 2.37. The number of thioether (sulfide) groups is 1. The fourth-order valence-electron chi connectivity index (χ4n) is 3.59. The summed E-state index contributed by atoms with van der Waals surface area (Å²) in [6, 6.07) is 20.2. The molecule has 0 bridgehead atoms. The van der Waals surface area contributed by atoms with Gasteiger partial charge in [-0.1, -0.05) is 54.6 Å². The van der Waals surface area contributed by atoms with Gasteiger partial charge < -0.3 is 9.72 Å². The van der Waals surface area contributed by atoms with Crippen molar-refractivity contribution in [1.29, 1.82) is 0 Å². The van der Waals surface area contributed by atoms with Crippen LogP contribution in [0.5, 0.6) is 0 Å². The second-order valence-corrected chi connectivity index (χ2v) is 7.45. The molecule has 4 heteroatoms. The summed E-state index contributed by atoms with van der Waals surface area (Å²) in [5, 5.41) is 2.45. The fourth-order valence-corrected chi connectivity index (χ4v) is 4.34. The zero-order chi connectivity index (χ0) is 18.8. The Morgan fingerprint density at radius 2 is 1.81 bits per heavy atom. The number of hydrogen-bond donors (Lipinski definition) is 1. The normalized spacial score (nSPS) is 11.2. The van der Waals surface area contributed by atoms with Crippen molar-refractivity contribution in [2.45, 2.75) is 24.8 Å². The number of nitrogens with one attached hydrogen (secondary N) is 1. The number of para-hydroxylation sites is 1. The van der Waals surface area contributed by atoms with Gasteiger partial charge in [0.2, 0.25) is 0 Å². The Hall–Kier alpha value is -2.72. The lowest BCUT2D eigenvalue weighted by molar-refractivity contribution is -0.144. The van der Waals surface area contributed by atoms with Gasteiger partial charge in [0, 0.05) is 21.2 Å². The van der Waals surface area contributed by atoms with E-state index >= 15 is 0 Å². The number of hydrogen-bond acceptors (Lipinski definition) is 3. The van der Waals surface area contributed by atoms with Gasteiger partial charge in [0.1, 0.15) is 6.61 Å². The summed E-state index contributed by atoms with van der Waals surface area (Å²) in [6.07, 6.45) is 2.32. The fraction of sp³-hybridized carbons (Fsp3) is 0.174. The molecule has 0 saturated carbocycles. The minimum Gasteiger partial charge on any atom is -0.461 e. The van der Waals surface area contributed by atoms with Crippen molar-refractivity contribution in [2.24, 2.45) is 0 Å². The van der Waals surface area contributed by atoms with Crippen LogP contribution in [0.25, 0.3) is 21.8 Å². The second kappa shape index (κ2) is 7.49. The van der Waals surface area contributed by atoms with Crippen LogP contribution < -0.4 is 0 Å². The number of H-pyrrole nitrogens is 1. The van der Waals surface area contributed by atoms with E-state index in [1.54, 1.807) is 11.8 Å². The maximum Gasteiger partial charge on any atom is 0.310 e. The zero-order valence-electron chi connectivity index (χ0n) is 15.4. The molecule has 3 nitrogen and oxygen atoms in total. The molecule has 0 spiro atoms. The summed E-state index contributed by atoms with van der Waals surface area (Å²) in [5.41, 5.74) is 5.41. The number of aromatic nitrogens is 1. The van der Waals surface area contributed by atoms with Crippen molar-refractivity contribution in [3.05, 3.63) is 77.4 Å². The lowest BCUT2D eigenvalue weighted by atomic mass is 10.0. The average Bonchev–Trinajstić information content (AvgIpc) is 3.07. The summed E-state index contributed by atoms with van der Waals surface area (Å²) in [6.45, 7) is 2.41. The third-order valence-electron chi connectivity index (χ3n) is 4.79. The van der Waals surface area contributed by atoms with E-state index < -0.39 is 0 Å². The van der Waals surface area contributed by atoms with Gasteiger partial charge in [-0.25, -0.2) is 0 Å². The first-order valence-corrected chi connectivity index (χ1v) is 10.2. The molecule has 0 fully saturated rings. The van der Waals surface area contributed by atoms with E-state index in [0.717, 1.165) is 27.1 Å². The Morgan fingerprint density at radius 3 is 2.59 bits per heavy atom. The number of benzene rings is 3. The van der Waals surface area contributed by atoms with E-state index in [1.165, 1.54) is 16.3 Å². The zero-order valence-corrected chi connectivity index (χ0v) is 16.2. The molecule has 4 rings (SSSR count). The van der Waals surface area contributed by atoms with Crippen LogP contribution in [-0.4, -0.2) is 17.2 Å². The first kappa shape index (κ1) is 17.7. The molecular weight excluding hydrogens is 354 g/mol. The van der Waals surface area contributed by atoms with E-state index in [2.05, 4.69) is 42.4 Å². The second-order valence-electron chi connectivity index (χ2n) is 6.63. The molecule has 0 amide bonds. The first-order chi connectivity index (χ1) is 13.2. The van der Waals surface area contributed by atoms with Gasteiger partial charge in [-0.3, -0.25) is 4.79 Å². The third kappa shape index (κ3) is 3.45. The molecule has 0 aliphatic heterocycles. The Bertz CT molecular complexity index is 1120. The van der Waals surface area contributed by atoms with Crippen LogP contribution in [-0.2, 0) is 22.6 Å². The van der Waals surface area contributed by atoms with Crippen LogP contribution in [0.4, 0.5) is 0 Å². The van der Waals surface area contributed by atoms with Crippen molar-refractivity contribution < 1.29 is 9.53 Å². The van der Waals surface area contributed by atoms with Crippen molar-refractivity contribution in [3.63, 3.8) is 0 Å². The Labute approximate surface area is 162 Å². The number of carbonyl (C=O) groups excluding carboxylic acids is 1.